The van der Waals surface area contributed by atoms with Crippen LogP contribution in [0.3, 0.4) is 0 Å². The van der Waals surface area contributed by atoms with Gasteiger partial charge in [-0.25, -0.2) is 4.98 Å². The van der Waals surface area contributed by atoms with Crippen LogP contribution in [0.1, 0.15) is 5.69 Å². The van der Waals surface area contributed by atoms with Crippen molar-refractivity contribution in [2.45, 2.75) is 6.18 Å². The number of fused-ring (bicyclic) bond motifs is 1. The number of phenols is 1. The van der Waals surface area contributed by atoms with Crippen LogP contribution in [0.2, 0.25) is 0 Å². The number of aromatic hydroxyl groups is 1. The highest BCUT2D eigenvalue weighted by molar-refractivity contribution is 5.75. The molecule has 0 aliphatic rings. The molecular formula is C9H5F3N2O. The lowest BCUT2D eigenvalue weighted by Crippen LogP contribution is -2.08. The summed E-state index contributed by atoms with van der Waals surface area (Å²) in [6.07, 6.45) is -3.86. The highest BCUT2D eigenvalue weighted by Crippen LogP contribution is 2.28. The fourth-order valence-corrected chi connectivity index (χ4v) is 1.14. The van der Waals surface area contributed by atoms with E-state index in [1.807, 2.05) is 0 Å². The molecule has 0 aliphatic heterocycles. The van der Waals surface area contributed by atoms with Gasteiger partial charge in [-0.15, -0.1) is 0 Å². The van der Waals surface area contributed by atoms with Crippen LogP contribution in [0.5, 0.6) is 5.75 Å². The molecule has 0 saturated heterocycles. The summed E-state index contributed by atoms with van der Waals surface area (Å²) >= 11 is 0. The summed E-state index contributed by atoms with van der Waals surface area (Å²) in [6, 6.07) is 3.80. The highest BCUT2D eigenvalue weighted by atomic mass is 19.4. The summed E-state index contributed by atoms with van der Waals surface area (Å²) in [5, 5.41) is 9.07. The molecule has 78 valence electrons. The van der Waals surface area contributed by atoms with Gasteiger partial charge in [-0.05, 0) is 12.1 Å². The number of benzene rings is 1. The van der Waals surface area contributed by atoms with Crippen LogP contribution in [-0.4, -0.2) is 15.1 Å². The van der Waals surface area contributed by atoms with Gasteiger partial charge in [0, 0.05) is 6.07 Å². The quantitative estimate of drug-likeness (QED) is 0.732. The molecule has 2 rings (SSSR count). The maximum atomic E-state index is 12.2. The average Bonchev–Trinajstić information content (AvgIpc) is 2.15. The second-order valence-electron chi connectivity index (χ2n) is 2.93. The molecule has 0 spiro atoms. The van der Waals surface area contributed by atoms with Crippen LogP contribution in [-0.2, 0) is 6.18 Å². The summed E-state index contributed by atoms with van der Waals surface area (Å²) in [4.78, 5) is 6.95. The average molecular weight is 214 g/mol. The SMILES string of the molecule is Oc1ccc2nc(C(F)(F)F)cnc2c1. The van der Waals surface area contributed by atoms with E-state index >= 15 is 0 Å². The van der Waals surface area contributed by atoms with Crippen molar-refractivity contribution >= 4 is 11.0 Å². The molecule has 0 unspecified atom stereocenters. The molecule has 0 aliphatic carbocycles. The van der Waals surface area contributed by atoms with E-state index in [2.05, 4.69) is 9.97 Å². The first-order valence-electron chi connectivity index (χ1n) is 4.00. The lowest BCUT2D eigenvalue weighted by molar-refractivity contribution is -0.141. The van der Waals surface area contributed by atoms with Gasteiger partial charge in [0.1, 0.15) is 5.75 Å². The van der Waals surface area contributed by atoms with Gasteiger partial charge in [-0.2, -0.15) is 13.2 Å². The summed E-state index contributed by atoms with van der Waals surface area (Å²) in [7, 11) is 0. The van der Waals surface area contributed by atoms with Crippen molar-refractivity contribution < 1.29 is 18.3 Å². The Balaban J connectivity index is 2.62. The summed E-state index contributed by atoms with van der Waals surface area (Å²) < 4.78 is 36.7. The maximum Gasteiger partial charge on any atom is 0.434 e. The Kier molecular flexibility index (Phi) is 1.99. The standard InChI is InChI=1S/C9H5F3N2O/c10-9(11,12)8-4-13-7-3-5(15)1-2-6(7)14-8/h1-4,15H. The third kappa shape index (κ3) is 1.83. The van der Waals surface area contributed by atoms with E-state index < -0.39 is 11.9 Å². The number of aromatic nitrogens is 2. The molecule has 2 aromatic rings. The Morgan fingerprint density at radius 2 is 1.87 bits per heavy atom. The lowest BCUT2D eigenvalue weighted by Gasteiger charge is -2.05. The van der Waals surface area contributed by atoms with Gasteiger partial charge in [0.2, 0.25) is 0 Å². The van der Waals surface area contributed by atoms with Gasteiger partial charge in [0.05, 0.1) is 17.2 Å². The molecule has 1 heterocycles. The van der Waals surface area contributed by atoms with E-state index in [0.29, 0.717) is 6.20 Å². The molecule has 1 N–H and O–H groups in total. The second-order valence-corrected chi connectivity index (χ2v) is 2.93. The highest BCUT2D eigenvalue weighted by Gasteiger charge is 2.33. The second kappa shape index (κ2) is 3.08. The number of nitrogens with zero attached hydrogens (tertiary/aromatic N) is 2. The van der Waals surface area contributed by atoms with Crippen LogP contribution in [0.15, 0.2) is 24.4 Å². The van der Waals surface area contributed by atoms with Crippen molar-refractivity contribution in [2.24, 2.45) is 0 Å². The van der Waals surface area contributed by atoms with Crippen molar-refractivity contribution in [3.05, 3.63) is 30.1 Å². The zero-order valence-corrected chi connectivity index (χ0v) is 7.28. The number of halogens is 3. The third-order valence-electron chi connectivity index (χ3n) is 1.82. The topological polar surface area (TPSA) is 46.0 Å². The van der Waals surface area contributed by atoms with Crippen LogP contribution in [0.4, 0.5) is 13.2 Å². The van der Waals surface area contributed by atoms with Crippen LogP contribution < -0.4 is 0 Å². The van der Waals surface area contributed by atoms with Crippen molar-refractivity contribution in [2.75, 3.05) is 0 Å². The molecule has 0 saturated carbocycles. The summed E-state index contributed by atoms with van der Waals surface area (Å²) in [6.45, 7) is 0. The first-order valence-corrected chi connectivity index (χ1v) is 4.00. The largest absolute Gasteiger partial charge is 0.508 e. The predicted molar refractivity (Wildman–Crippen MR) is 46.2 cm³/mol. The first-order chi connectivity index (χ1) is 6.97. The van der Waals surface area contributed by atoms with Gasteiger partial charge >= 0.3 is 6.18 Å². The van der Waals surface area contributed by atoms with Crippen molar-refractivity contribution in [3.63, 3.8) is 0 Å². The van der Waals surface area contributed by atoms with E-state index in [1.165, 1.54) is 18.2 Å². The van der Waals surface area contributed by atoms with Crippen molar-refractivity contribution in [3.8, 4) is 5.75 Å². The monoisotopic (exact) mass is 214 g/mol. The molecule has 0 radical (unpaired) electrons. The van der Waals surface area contributed by atoms with Crippen LogP contribution in [0, 0.1) is 0 Å². The number of phenolic OH excluding ortho intramolecular Hbond substituents is 1. The van der Waals surface area contributed by atoms with Crippen LogP contribution in [0.25, 0.3) is 11.0 Å². The number of rotatable bonds is 0. The lowest BCUT2D eigenvalue weighted by atomic mass is 10.3. The number of alkyl halides is 3. The predicted octanol–water partition coefficient (Wildman–Crippen LogP) is 2.35. The summed E-state index contributed by atoms with van der Waals surface area (Å²) in [5.41, 5.74) is -0.716. The van der Waals surface area contributed by atoms with E-state index in [9.17, 15) is 13.2 Å². The molecule has 3 nitrogen and oxygen atoms in total. The minimum Gasteiger partial charge on any atom is -0.508 e. The Labute approximate surface area is 82.2 Å². The van der Waals surface area contributed by atoms with Crippen molar-refractivity contribution in [1.82, 2.24) is 9.97 Å². The summed E-state index contributed by atoms with van der Waals surface area (Å²) in [5.74, 6) is -0.0587. The van der Waals surface area contributed by atoms with Gasteiger partial charge in [0.25, 0.3) is 0 Å². The molecule has 15 heavy (non-hydrogen) atoms. The molecule has 0 atom stereocenters. The molecule has 0 bridgehead atoms. The Bertz CT molecular complexity index is 510. The minimum absolute atomic E-state index is 0.0587. The van der Waals surface area contributed by atoms with Crippen LogP contribution >= 0.6 is 0 Å². The molecule has 1 aromatic heterocycles. The number of hydrogen-bond acceptors (Lipinski definition) is 3. The smallest absolute Gasteiger partial charge is 0.434 e. The molecule has 0 fully saturated rings. The Morgan fingerprint density at radius 1 is 1.13 bits per heavy atom. The number of hydrogen-bond donors (Lipinski definition) is 1. The first kappa shape index (κ1) is 9.70. The van der Waals surface area contributed by atoms with E-state index in [1.54, 1.807) is 0 Å². The normalized spacial score (nSPS) is 11.9. The van der Waals surface area contributed by atoms with Gasteiger partial charge in [-0.3, -0.25) is 4.98 Å². The Hall–Kier alpha value is -1.85. The molecule has 6 heteroatoms. The van der Waals surface area contributed by atoms with E-state index in [4.69, 9.17) is 5.11 Å². The van der Waals surface area contributed by atoms with Gasteiger partial charge in [0.15, 0.2) is 5.69 Å². The molecule has 1 aromatic carbocycles. The zero-order valence-electron chi connectivity index (χ0n) is 7.28. The third-order valence-corrected chi connectivity index (χ3v) is 1.82. The fraction of sp³-hybridized carbons (Fsp3) is 0.111. The fourth-order valence-electron chi connectivity index (χ4n) is 1.14. The van der Waals surface area contributed by atoms with Crippen molar-refractivity contribution in [1.29, 1.82) is 0 Å². The minimum atomic E-state index is -4.50. The van der Waals surface area contributed by atoms with Gasteiger partial charge < -0.3 is 5.11 Å². The molecule has 0 amide bonds. The van der Waals surface area contributed by atoms with E-state index in [-0.39, 0.29) is 16.8 Å². The maximum absolute atomic E-state index is 12.2. The van der Waals surface area contributed by atoms with E-state index in [0.717, 1.165) is 0 Å². The van der Waals surface area contributed by atoms with Gasteiger partial charge in [-0.1, -0.05) is 0 Å². The Morgan fingerprint density at radius 3 is 2.53 bits per heavy atom. The zero-order chi connectivity index (χ0) is 11.1. The molecular weight excluding hydrogens is 209 g/mol.